The Balaban J connectivity index is 2.50. The van der Waals surface area contributed by atoms with Crippen molar-refractivity contribution in [3.8, 4) is 11.5 Å². The Labute approximate surface area is 91.4 Å². The van der Waals surface area contributed by atoms with Gasteiger partial charge in [0.25, 0.3) is 0 Å². The number of nitrogens with zero attached hydrogens (tertiary/aromatic N) is 1. The number of ether oxygens (including phenoxy) is 1. The molecular weight excluding hydrogens is 213 g/mol. The van der Waals surface area contributed by atoms with Gasteiger partial charge in [0.1, 0.15) is 11.3 Å². The van der Waals surface area contributed by atoms with Crippen LogP contribution in [0, 0.1) is 5.82 Å². The maximum absolute atomic E-state index is 13.5. The van der Waals surface area contributed by atoms with Crippen LogP contribution in [0.15, 0.2) is 17.1 Å². The second kappa shape index (κ2) is 3.61. The van der Waals surface area contributed by atoms with Crippen LogP contribution in [0.2, 0.25) is 0 Å². The number of isocyanates is 1. The summed E-state index contributed by atoms with van der Waals surface area (Å²) in [6, 6.07) is 2.34. The number of halogens is 1. The van der Waals surface area contributed by atoms with Crippen molar-refractivity contribution in [2.75, 3.05) is 7.11 Å². The average molecular weight is 223 g/mol. The third-order valence-corrected chi connectivity index (χ3v) is 2.75. The number of carbonyl (C=O) groups excluding carboxylic acids is 1. The summed E-state index contributed by atoms with van der Waals surface area (Å²) in [5, 5.41) is 9.71. The van der Waals surface area contributed by atoms with Crippen molar-refractivity contribution in [3.05, 3.63) is 23.5 Å². The second-order valence-electron chi connectivity index (χ2n) is 3.74. The van der Waals surface area contributed by atoms with E-state index >= 15 is 0 Å². The minimum Gasteiger partial charge on any atom is -0.507 e. The molecule has 0 saturated heterocycles. The van der Waals surface area contributed by atoms with Gasteiger partial charge in [-0.3, -0.25) is 0 Å². The summed E-state index contributed by atoms with van der Waals surface area (Å²) in [5.74, 6) is -0.732. The molecule has 5 heteroatoms. The zero-order chi connectivity index (χ0) is 11.8. The summed E-state index contributed by atoms with van der Waals surface area (Å²) in [4.78, 5) is 13.9. The molecule has 0 spiro atoms. The monoisotopic (exact) mass is 223 g/mol. The number of phenols is 1. The molecule has 1 aromatic rings. The Hall–Kier alpha value is -1.87. The molecule has 1 N–H and O–H groups in total. The molecule has 1 aliphatic carbocycles. The predicted molar refractivity (Wildman–Crippen MR) is 53.7 cm³/mol. The van der Waals surface area contributed by atoms with E-state index in [1.54, 1.807) is 0 Å². The number of hydrogen-bond donors (Lipinski definition) is 1. The maximum Gasteiger partial charge on any atom is 0.235 e. The summed E-state index contributed by atoms with van der Waals surface area (Å²) in [5.41, 5.74) is -0.465. The second-order valence-corrected chi connectivity index (χ2v) is 3.74. The van der Waals surface area contributed by atoms with Gasteiger partial charge in [-0.15, -0.1) is 0 Å². The minimum atomic E-state index is -0.779. The molecular formula is C11H10FNO3. The molecule has 0 atom stereocenters. The van der Waals surface area contributed by atoms with Crippen molar-refractivity contribution in [3.63, 3.8) is 0 Å². The largest absolute Gasteiger partial charge is 0.507 e. The lowest BCUT2D eigenvalue weighted by Crippen LogP contribution is -2.04. The van der Waals surface area contributed by atoms with Crippen LogP contribution in [0.25, 0.3) is 0 Å². The zero-order valence-electron chi connectivity index (χ0n) is 8.66. The topological polar surface area (TPSA) is 58.9 Å². The van der Waals surface area contributed by atoms with Gasteiger partial charge in [0, 0.05) is 11.6 Å². The standard InChI is InChI=1S/C11H10FNO3/c1-16-10-5-9(15)7(4-8(10)12)11(2-3-11)13-6-14/h4-5,15H,2-3H2,1H3. The number of rotatable bonds is 3. The molecule has 16 heavy (non-hydrogen) atoms. The summed E-state index contributed by atoms with van der Waals surface area (Å²) in [7, 11) is 1.31. The highest BCUT2D eigenvalue weighted by atomic mass is 19.1. The Kier molecular flexibility index (Phi) is 2.40. The van der Waals surface area contributed by atoms with Gasteiger partial charge in [-0.2, -0.15) is 4.99 Å². The van der Waals surface area contributed by atoms with Crippen LogP contribution < -0.4 is 4.74 Å². The van der Waals surface area contributed by atoms with E-state index in [0.717, 1.165) is 6.07 Å². The lowest BCUT2D eigenvalue weighted by molar-refractivity contribution is 0.377. The number of methoxy groups -OCH3 is 1. The molecule has 1 saturated carbocycles. The van der Waals surface area contributed by atoms with Crippen LogP contribution in [-0.4, -0.2) is 18.3 Å². The van der Waals surface area contributed by atoms with E-state index in [1.807, 2.05) is 0 Å². The fourth-order valence-electron chi connectivity index (χ4n) is 1.72. The summed E-state index contributed by atoms with van der Waals surface area (Å²) in [6.07, 6.45) is 2.68. The first-order valence-electron chi connectivity index (χ1n) is 4.79. The summed E-state index contributed by atoms with van der Waals surface area (Å²) < 4.78 is 18.2. The maximum atomic E-state index is 13.5. The molecule has 1 aromatic carbocycles. The third-order valence-electron chi connectivity index (χ3n) is 2.75. The molecule has 0 amide bonds. The Morgan fingerprint density at radius 2 is 2.25 bits per heavy atom. The molecule has 84 valence electrons. The Bertz CT molecular complexity index is 476. The highest BCUT2D eigenvalue weighted by molar-refractivity contribution is 5.49. The van der Waals surface area contributed by atoms with E-state index in [2.05, 4.69) is 4.99 Å². The molecule has 4 nitrogen and oxygen atoms in total. The van der Waals surface area contributed by atoms with Gasteiger partial charge in [0.2, 0.25) is 6.08 Å². The Morgan fingerprint density at radius 3 is 2.75 bits per heavy atom. The van der Waals surface area contributed by atoms with Crippen molar-refractivity contribution in [2.24, 2.45) is 4.99 Å². The van der Waals surface area contributed by atoms with Crippen LogP contribution in [0.3, 0.4) is 0 Å². The van der Waals surface area contributed by atoms with E-state index in [-0.39, 0.29) is 11.5 Å². The van der Waals surface area contributed by atoms with Gasteiger partial charge in [0.05, 0.1) is 7.11 Å². The molecule has 2 rings (SSSR count). The van der Waals surface area contributed by atoms with E-state index in [9.17, 15) is 14.3 Å². The lowest BCUT2D eigenvalue weighted by atomic mass is 10.0. The number of benzene rings is 1. The van der Waals surface area contributed by atoms with E-state index < -0.39 is 11.4 Å². The molecule has 0 aromatic heterocycles. The average Bonchev–Trinajstić information content (AvgIpc) is 3.02. The number of aliphatic imine (C=N–C) groups is 1. The normalized spacial score (nSPS) is 16.4. The number of aromatic hydroxyl groups is 1. The van der Waals surface area contributed by atoms with Crippen LogP contribution in [-0.2, 0) is 10.3 Å². The van der Waals surface area contributed by atoms with E-state index in [0.29, 0.717) is 18.4 Å². The quantitative estimate of drug-likeness (QED) is 0.628. The first-order valence-corrected chi connectivity index (χ1v) is 4.79. The number of phenolic OH excluding ortho intramolecular Hbond substituents is 1. The predicted octanol–water partition coefficient (Wildman–Crippen LogP) is 1.86. The fourth-order valence-corrected chi connectivity index (χ4v) is 1.72. The van der Waals surface area contributed by atoms with Gasteiger partial charge in [-0.05, 0) is 18.9 Å². The van der Waals surface area contributed by atoms with Crippen LogP contribution in [0.4, 0.5) is 4.39 Å². The lowest BCUT2D eigenvalue weighted by Gasteiger charge is -2.12. The summed E-state index contributed by atoms with van der Waals surface area (Å²) >= 11 is 0. The number of hydrogen-bond acceptors (Lipinski definition) is 4. The van der Waals surface area contributed by atoms with Crippen molar-refractivity contribution in [1.82, 2.24) is 0 Å². The molecule has 1 aliphatic rings. The van der Waals surface area contributed by atoms with E-state index in [4.69, 9.17) is 4.74 Å². The molecule has 0 bridgehead atoms. The molecule has 1 fully saturated rings. The zero-order valence-corrected chi connectivity index (χ0v) is 8.66. The van der Waals surface area contributed by atoms with Gasteiger partial charge in [-0.25, -0.2) is 9.18 Å². The van der Waals surface area contributed by atoms with Crippen molar-refractivity contribution >= 4 is 6.08 Å². The smallest absolute Gasteiger partial charge is 0.235 e. The van der Waals surface area contributed by atoms with Crippen molar-refractivity contribution < 1.29 is 19.0 Å². The summed E-state index contributed by atoms with van der Waals surface area (Å²) in [6.45, 7) is 0. The van der Waals surface area contributed by atoms with E-state index in [1.165, 1.54) is 19.3 Å². The highest BCUT2D eigenvalue weighted by Crippen LogP contribution is 2.52. The van der Waals surface area contributed by atoms with Crippen LogP contribution in [0.1, 0.15) is 18.4 Å². The first kappa shape index (κ1) is 10.6. The highest BCUT2D eigenvalue weighted by Gasteiger charge is 2.47. The molecule has 0 radical (unpaired) electrons. The Morgan fingerprint density at radius 1 is 1.56 bits per heavy atom. The van der Waals surface area contributed by atoms with Gasteiger partial charge >= 0.3 is 0 Å². The molecule has 0 unspecified atom stereocenters. The van der Waals surface area contributed by atoms with Gasteiger partial charge in [-0.1, -0.05) is 0 Å². The van der Waals surface area contributed by atoms with Crippen molar-refractivity contribution in [1.29, 1.82) is 0 Å². The first-order chi connectivity index (χ1) is 7.63. The van der Waals surface area contributed by atoms with Crippen LogP contribution in [0.5, 0.6) is 11.5 Å². The van der Waals surface area contributed by atoms with Crippen LogP contribution >= 0.6 is 0 Å². The SMILES string of the molecule is COc1cc(O)c(C2(N=C=O)CC2)cc1F. The van der Waals surface area contributed by atoms with Gasteiger partial charge < -0.3 is 9.84 Å². The fraction of sp³-hybridized carbons (Fsp3) is 0.364. The van der Waals surface area contributed by atoms with Gasteiger partial charge in [0.15, 0.2) is 11.6 Å². The minimum absolute atomic E-state index is 0.0351. The van der Waals surface area contributed by atoms with Crippen molar-refractivity contribution in [2.45, 2.75) is 18.4 Å². The molecule has 0 heterocycles. The molecule has 0 aliphatic heterocycles. The third kappa shape index (κ3) is 1.55.